The van der Waals surface area contributed by atoms with E-state index >= 15 is 0 Å². The molecule has 0 aromatic heterocycles. The van der Waals surface area contributed by atoms with Gasteiger partial charge < -0.3 is 0 Å². The van der Waals surface area contributed by atoms with Crippen molar-refractivity contribution >= 4 is 17.0 Å². The Morgan fingerprint density at radius 1 is 1.17 bits per heavy atom. The molecule has 1 aliphatic rings. The first-order valence-corrected chi connectivity index (χ1v) is 15.0. The number of hydrogen-bond donors (Lipinski definition) is 0. The third-order valence-corrected chi connectivity index (χ3v) is 4.29. The maximum Gasteiger partial charge on any atom is -0.172 e. The van der Waals surface area contributed by atoms with E-state index in [1.54, 1.807) is 11.1 Å². The van der Waals surface area contributed by atoms with Gasteiger partial charge in [-0.3, -0.25) is 0 Å². The fourth-order valence-corrected chi connectivity index (χ4v) is 3.06. The zero-order valence-corrected chi connectivity index (χ0v) is 18.1. The Labute approximate surface area is 161 Å². The molecule has 126 valence electrons. The van der Waals surface area contributed by atoms with E-state index in [0.29, 0.717) is 0 Å². The van der Waals surface area contributed by atoms with Gasteiger partial charge in [0.05, 0.1) is 0 Å². The van der Waals surface area contributed by atoms with Crippen LogP contribution in [0.2, 0.25) is 0 Å². The van der Waals surface area contributed by atoms with Crippen LogP contribution in [-0.4, -0.2) is 0 Å². The molecular weight excluding hydrogens is 402 g/mol. The van der Waals surface area contributed by atoms with Crippen molar-refractivity contribution in [3.8, 4) is 0 Å². The normalized spacial score (nSPS) is 14.0. The molecule has 1 saturated carbocycles. The molecule has 0 N–H and O–H groups in total. The summed E-state index contributed by atoms with van der Waals surface area (Å²) in [7, 11) is 9.87. The topological polar surface area (TPSA) is 0 Å². The fourth-order valence-electron chi connectivity index (χ4n) is 3.06. The van der Waals surface area contributed by atoms with Crippen molar-refractivity contribution in [2.45, 2.75) is 64.2 Å². The van der Waals surface area contributed by atoms with Gasteiger partial charge in [-0.1, -0.05) is 64.2 Å². The summed E-state index contributed by atoms with van der Waals surface area (Å²) in [6.45, 7) is 2.27. The standard InChI is InChI=1S/C15H23.C5H5.2ClH.Zr/c1-2-3-7-13-10-11-15(12-13)14-8-5-4-6-9-14;1-2-4-5-3-1;;;/h10-12,14H,2-9H2,1H3;1-5H;2*1H;/q2*-1;;;+4/p-2. The van der Waals surface area contributed by atoms with Crippen LogP contribution >= 0.6 is 17.0 Å². The molecule has 0 aliphatic heterocycles. The molecule has 0 amide bonds. The third-order valence-electron chi connectivity index (χ3n) is 4.29. The van der Waals surface area contributed by atoms with Crippen LogP contribution < -0.4 is 0 Å². The average Bonchev–Trinajstić information content (AvgIpc) is 3.29. The molecule has 0 atom stereocenters. The first-order chi connectivity index (χ1) is 11.3. The third kappa shape index (κ3) is 9.90. The monoisotopic (exact) mass is 428 g/mol. The Morgan fingerprint density at radius 2 is 1.83 bits per heavy atom. The first kappa shape index (κ1) is 21.2. The van der Waals surface area contributed by atoms with Gasteiger partial charge in [-0.15, -0.1) is 0 Å². The Bertz CT molecular complexity index is 438. The minimum atomic E-state index is -0.826. The van der Waals surface area contributed by atoms with Crippen molar-refractivity contribution in [3.63, 3.8) is 0 Å². The van der Waals surface area contributed by atoms with E-state index in [1.165, 1.54) is 51.4 Å². The Morgan fingerprint density at radius 3 is 2.35 bits per heavy atom. The van der Waals surface area contributed by atoms with E-state index < -0.39 is 20.8 Å². The van der Waals surface area contributed by atoms with Gasteiger partial charge in [0.2, 0.25) is 0 Å². The summed E-state index contributed by atoms with van der Waals surface area (Å²) in [6.07, 6.45) is 11.1. The second-order valence-corrected chi connectivity index (χ2v) is 9.76. The quantitative estimate of drug-likeness (QED) is 0.439. The second-order valence-electron chi connectivity index (χ2n) is 6.02. The van der Waals surface area contributed by atoms with E-state index in [9.17, 15) is 0 Å². The number of aryl methyl sites for hydroxylation is 1. The zero-order chi connectivity index (χ0) is 16.8. The Balaban J connectivity index is 0.000000273. The van der Waals surface area contributed by atoms with Gasteiger partial charge in [0.25, 0.3) is 0 Å². The molecule has 2 aromatic carbocycles. The summed E-state index contributed by atoms with van der Waals surface area (Å²) in [5.41, 5.74) is 3.19. The SMILES string of the molecule is CCCC[c-]1ccc(C2CCCCC2)c1.[Cl][Zr+2][Cl].c1cc[cH-]c1. The molecule has 3 rings (SSSR count). The predicted molar refractivity (Wildman–Crippen MR) is 100 cm³/mol. The summed E-state index contributed by atoms with van der Waals surface area (Å²) in [5, 5.41) is 0. The maximum absolute atomic E-state index is 4.93. The summed E-state index contributed by atoms with van der Waals surface area (Å²) in [5.74, 6) is 0.883. The van der Waals surface area contributed by atoms with E-state index in [2.05, 4.69) is 25.1 Å². The number of hydrogen-bond acceptors (Lipinski definition) is 0. The van der Waals surface area contributed by atoms with Gasteiger partial charge in [0.1, 0.15) is 0 Å². The molecule has 0 nitrogen and oxygen atoms in total. The van der Waals surface area contributed by atoms with E-state index in [-0.39, 0.29) is 0 Å². The van der Waals surface area contributed by atoms with Crippen molar-refractivity contribution in [2.24, 2.45) is 0 Å². The zero-order valence-electron chi connectivity index (χ0n) is 14.1. The molecule has 2 aromatic rings. The molecule has 0 spiro atoms. The largest absolute Gasteiger partial charge is 0.214 e. The van der Waals surface area contributed by atoms with Gasteiger partial charge in [0, 0.05) is 0 Å². The van der Waals surface area contributed by atoms with Crippen LogP contribution in [0.3, 0.4) is 0 Å². The molecule has 0 saturated heterocycles. The van der Waals surface area contributed by atoms with Crippen molar-refractivity contribution < 1.29 is 20.8 Å². The molecular formula is C20H28Cl2Zr. The minimum absolute atomic E-state index is 0.826. The van der Waals surface area contributed by atoms with Crippen LogP contribution in [-0.2, 0) is 27.3 Å². The van der Waals surface area contributed by atoms with Crippen LogP contribution in [0.1, 0.15) is 68.9 Å². The van der Waals surface area contributed by atoms with E-state index in [4.69, 9.17) is 17.0 Å². The first-order valence-electron chi connectivity index (χ1n) is 8.70. The maximum atomic E-state index is 4.93. The Kier molecular flexibility index (Phi) is 13.4. The summed E-state index contributed by atoms with van der Waals surface area (Å²) in [4.78, 5) is 0. The number of halogens is 2. The average molecular weight is 431 g/mol. The number of unbranched alkanes of at least 4 members (excludes halogenated alkanes) is 1. The molecule has 3 heteroatoms. The van der Waals surface area contributed by atoms with Crippen molar-refractivity contribution in [1.29, 1.82) is 0 Å². The van der Waals surface area contributed by atoms with Crippen LogP contribution in [0.25, 0.3) is 0 Å². The van der Waals surface area contributed by atoms with Crippen LogP contribution in [0.15, 0.2) is 48.5 Å². The van der Waals surface area contributed by atoms with E-state index in [1.807, 2.05) is 30.3 Å². The number of rotatable bonds is 4. The smallest absolute Gasteiger partial charge is 0.172 e. The van der Waals surface area contributed by atoms with Crippen molar-refractivity contribution in [1.82, 2.24) is 0 Å². The molecule has 0 bridgehead atoms. The summed E-state index contributed by atoms with van der Waals surface area (Å²) >= 11 is -0.826. The Hall–Kier alpha value is 0.163. The molecule has 1 fully saturated rings. The van der Waals surface area contributed by atoms with Gasteiger partial charge in [-0.25, -0.2) is 18.2 Å². The fraction of sp³-hybridized carbons (Fsp3) is 0.500. The molecule has 23 heavy (non-hydrogen) atoms. The van der Waals surface area contributed by atoms with E-state index in [0.717, 1.165) is 5.92 Å². The minimum Gasteiger partial charge on any atom is -0.214 e. The summed E-state index contributed by atoms with van der Waals surface area (Å²) in [6, 6.07) is 17.2. The molecule has 1 aliphatic carbocycles. The summed E-state index contributed by atoms with van der Waals surface area (Å²) < 4.78 is 0. The van der Waals surface area contributed by atoms with Crippen molar-refractivity contribution in [2.75, 3.05) is 0 Å². The van der Waals surface area contributed by atoms with Gasteiger partial charge >= 0.3 is 37.9 Å². The van der Waals surface area contributed by atoms with Gasteiger partial charge in [-0.05, 0) is 0 Å². The van der Waals surface area contributed by atoms with Gasteiger partial charge in [0.15, 0.2) is 0 Å². The van der Waals surface area contributed by atoms with Crippen LogP contribution in [0, 0.1) is 0 Å². The van der Waals surface area contributed by atoms with Crippen LogP contribution in [0.5, 0.6) is 0 Å². The second kappa shape index (κ2) is 14.5. The van der Waals surface area contributed by atoms with Crippen molar-refractivity contribution in [3.05, 3.63) is 59.7 Å². The molecule has 0 heterocycles. The van der Waals surface area contributed by atoms with Crippen LogP contribution in [0.4, 0.5) is 0 Å². The predicted octanol–water partition coefficient (Wildman–Crippen LogP) is 7.58. The molecule has 0 unspecified atom stereocenters. The molecule has 0 radical (unpaired) electrons. The van der Waals surface area contributed by atoms with Gasteiger partial charge in [-0.2, -0.15) is 41.5 Å².